The molecule has 124 valence electrons. The maximum Gasteiger partial charge on any atom is 4.00 e. The molecule has 0 aromatic rings. The molecule has 1 saturated heterocycles. The summed E-state index contributed by atoms with van der Waals surface area (Å²) < 4.78 is 0. The van der Waals surface area contributed by atoms with Crippen LogP contribution >= 0.6 is 0 Å². The van der Waals surface area contributed by atoms with Gasteiger partial charge in [0.05, 0.1) is 0 Å². The minimum Gasteiger partial charge on any atom is -1.00 e. The summed E-state index contributed by atoms with van der Waals surface area (Å²) in [6, 6.07) is 4.72. The summed E-state index contributed by atoms with van der Waals surface area (Å²) in [6.45, 7) is 2.45. The fourth-order valence-electron chi connectivity index (χ4n) is 4.14. The number of fused-ring (bicyclic) bond motifs is 1. The summed E-state index contributed by atoms with van der Waals surface area (Å²) in [4.78, 5) is 0. The summed E-state index contributed by atoms with van der Waals surface area (Å²) in [6.07, 6.45) is 22.9. The van der Waals surface area contributed by atoms with Crippen molar-refractivity contribution in [3.63, 3.8) is 0 Å². The smallest absolute Gasteiger partial charge is 1.00 e. The van der Waals surface area contributed by atoms with Crippen molar-refractivity contribution >= 4 is 8.07 Å². The summed E-state index contributed by atoms with van der Waals surface area (Å²) in [7, 11) is -0.877. The molecular formula is C19H26Cl2SiTi. The monoisotopic (exact) mass is 400 g/mol. The number of hydrogen-bond donors (Lipinski definition) is 0. The largest absolute Gasteiger partial charge is 4.00 e. The van der Waals surface area contributed by atoms with Crippen molar-refractivity contribution < 1.29 is 46.5 Å². The molecule has 4 aliphatic rings. The molecule has 23 heavy (non-hydrogen) atoms. The SMILES string of the molecule is CC[Si]1([C-]2CCC3CC=CC=C23)CCC1.[C-]1=CC=CC1.[Cl-].[Cl-].[Ti+4]. The van der Waals surface area contributed by atoms with E-state index in [9.17, 15) is 0 Å². The first-order valence-corrected chi connectivity index (χ1v) is 10.9. The van der Waals surface area contributed by atoms with Crippen molar-refractivity contribution in [2.75, 3.05) is 0 Å². The Labute approximate surface area is 170 Å². The van der Waals surface area contributed by atoms with Gasteiger partial charge >= 0.3 is 21.7 Å². The molecule has 0 spiro atoms. The standard InChI is InChI=1S/C14H21Si.C5H5.2ClH.Ti/c1-2-15(10-5-11-15)14-9-8-12-6-3-4-7-13(12)14;1-2-4-5-3-1;;;/h3-4,7,12H,2,5-6,8-11H2,1H3;1-3H,4H2;2*1H;/q2*-1;;;+4/p-2. The Morgan fingerprint density at radius 1 is 1.22 bits per heavy atom. The number of rotatable bonds is 2. The Bertz CT molecular complexity index is 448. The minimum atomic E-state index is -0.877. The van der Waals surface area contributed by atoms with Crippen LogP contribution in [0.4, 0.5) is 0 Å². The zero-order chi connectivity index (χ0) is 13.8. The summed E-state index contributed by atoms with van der Waals surface area (Å²) in [5.41, 5.74) is 3.79. The molecule has 1 saturated carbocycles. The van der Waals surface area contributed by atoms with E-state index in [2.05, 4.69) is 37.3 Å². The maximum absolute atomic E-state index is 2.99. The van der Waals surface area contributed by atoms with Crippen LogP contribution in [-0.4, -0.2) is 8.07 Å². The zero-order valence-corrected chi connectivity index (χ0v) is 18.0. The molecular weight excluding hydrogens is 375 g/mol. The zero-order valence-electron chi connectivity index (χ0n) is 14.0. The predicted octanol–water partition coefficient (Wildman–Crippen LogP) is -0.420. The van der Waals surface area contributed by atoms with Crippen LogP contribution in [0.1, 0.15) is 39.0 Å². The van der Waals surface area contributed by atoms with E-state index in [1.165, 1.54) is 31.7 Å². The van der Waals surface area contributed by atoms with E-state index in [0.717, 1.165) is 12.3 Å². The molecule has 0 aromatic carbocycles. The van der Waals surface area contributed by atoms with E-state index in [1.807, 2.05) is 17.7 Å². The van der Waals surface area contributed by atoms with Crippen molar-refractivity contribution in [1.29, 1.82) is 0 Å². The third kappa shape index (κ3) is 5.16. The van der Waals surface area contributed by atoms with Crippen molar-refractivity contribution in [2.45, 2.75) is 57.2 Å². The van der Waals surface area contributed by atoms with Gasteiger partial charge in [-0.1, -0.05) is 44.3 Å². The van der Waals surface area contributed by atoms with Crippen LogP contribution in [0.3, 0.4) is 0 Å². The Kier molecular flexibility index (Phi) is 11.2. The first kappa shape index (κ1) is 23.3. The second kappa shape index (κ2) is 11.1. The average molecular weight is 401 g/mol. The van der Waals surface area contributed by atoms with E-state index < -0.39 is 8.07 Å². The first-order valence-electron chi connectivity index (χ1n) is 8.31. The fourth-order valence-corrected chi connectivity index (χ4v) is 8.66. The van der Waals surface area contributed by atoms with Gasteiger partial charge in [0.1, 0.15) is 0 Å². The molecule has 1 heterocycles. The molecule has 1 unspecified atom stereocenters. The fraction of sp³-hybridized carbons (Fsp3) is 0.526. The minimum absolute atomic E-state index is 0. The second-order valence-corrected chi connectivity index (χ2v) is 11.4. The van der Waals surface area contributed by atoms with Gasteiger partial charge in [-0.15, -0.1) is 18.6 Å². The van der Waals surface area contributed by atoms with Crippen LogP contribution in [0.5, 0.6) is 0 Å². The molecule has 1 aliphatic heterocycles. The van der Waals surface area contributed by atoms with E-state index >= 15 is 0 Å². The number of allylic oxidation sites excluding steroid dienone is 8. The Morgan fingerprint density at radius 2 is 2.00 bits per heavy atom. The number of halogens is 2. The van der Waals surface area contributed by atoms with Gasteiger partial charge in [-0.05, 0) is 20.4 Å². The third-order valence-corrected chi connectivity index (χ3v) is 11.4. The quantitative estimate of drug-likeness (QED) is 0.436. The molecule has 1 atom stereocenters. The van der Waals surface area contributed by atoms with Gasteiger partial charge in [-0.3, -0.25) is 6.08 Å². The molecule has 0 N–H and O–H groups in total. The molecule has 4 heteroatoms. The van der Waals surface area contributed by atoms with Gasteiger partial charge in [0.2, 0.25) is 0 Å². The van der Waals surface area contributed by atoms with Gasteiger partial charge in [0.15, 0.2) is 0 Å². The molecule has 3 aliphatic carbocycles. The molecule has 2 fully saturated rings. The topological polar surface area (TPSA) is 0 Å². The Hall–Kier alpha value is 0.341. The normalized spacial score (nSPS) is 24.8. The summed E-state index contributed by atoms with van der Waals surface area (Å²) in [5, 5.41) is 0. The molecule has 4 rings (SSSR count). The third-order valence-electron chi connectivity index (χ3n) is 5.58. The van der Waals surface area contributed by atoms with Gasteiger partial charge < -0.3 is 24.8 Å². The maximum atomic E-state index is 2.99. The van der Waals surface area contributed by atoms with Crippen molar-refractivity contribution in [1.82, 2.24) is 0 Å². The van der Waals surface area contributed by atoms with Crippen LogP contribution in [0, 0.1) is 17.5 Å². The van der Waals surface area contributed by atoms with Crippen molar-refractivity contribution in [3.8, 4) is 0 Å². The van der Waals surface area contributed by atoms with Crippen LogP contribution < -0.4 is 24.8 Å². The Balaban J connectivity index is 0.000000529. The summed E-state index contributed by atoms with van der Waals surface area (Å²) in [5.74, 6) is 0.918. The van der Waals surface area contributed by atoms with E-state index in [0.29, 0.717) is 0 Å². The molecule has 0 radical (unpaired) electrons. The van der Waals surface area contributed by atoms with Gasteiger partial charge in [-0.2, -0.15) is 6.08 Å². The van der Waals surface area contributed by atoms with E-state index in [-0.39, 0.29) is 46.5 Å². The molecule has 0 amide bonds. The van der Waals surface area contributed by atoms with Gasteiger partial charge in [-0.25, -0.2) is 29.3 Å². The van der Waals surface area contributed by atoms with Crippen LogP contribution in [0.25, 0.3) is 0 Å². The molecule has 0 nitrogen and oxygen atoms in total. The van der Waals surface area contributed by atoms with Crippen molar-refractivity contribution in [2.24, 2.45) is 5.92 Å². The number of hydrogen-bond acceptors (Lipinski definition) is 0. The molecule has 0 aromatic heterocycles. The van der Waals surface area contributed by atoms with Gasteiger partial charge in [0.25, 0.3) is 0 Å². The van der Waals surface area contributed by atoms with Crippen LogP contribution in [0.15, 0.2) is 42.0 Å². The van der Waals surface area contributed by atoms with E-state index in [1.54, 1.807) is 17.7 Å². The van der Waals surface area contributed by atoms with E-state index in [4.69, 9.17) is 0 Å². The Morgan fingerprint density at radius 3 is 2.48 bits per heavy atom. The van der Waals surface area contributed by atoms with Gasteiger partial charge in [0, 0.05) is 0 Å². The predicted molar refractivity (Wildman–Crippen MR) is 89.8 cm³/mol. The molecule has 0 bridgehead atoms. The first-order chi connectivity index (χ1) is 9.86. The van der Waals surface area contributed by atoms with Crippen LogP contribution in [-0.2, 0) is 21.7 Å². The van der Waals surface area contributed by atoms with Crippen molar-refractivity contribution in [3.05, 3.63) is 53.6 Å². The second-order valence-electron chi connectivity index (χ2n) is 6.49. The summed E-state index contributed by atoms with van der Waals surface area (Å²) >= 11 is 0. The van der Waals surface area contributed by atoms with Crippen LogP contribution in [0.2, 0.25) is 18.1 Å². The average Bonchev–Trinajstić information content (AvgIpc) is 3.11.